The van der Waals surface area contributed by atoms with Crippen molar-refractivity contribution >= 4 is 11.5 Å². The van der Waals surface area contributed by atoms with Crippen LogP contribution < -0.4 is 15.4 Å². The highest BCUT2D eigenvalue weighted by atomic mass is 16.5. The lowest BCUT2D eigenvalue weighted by Gasteiger charge is -2.20. The van der Waals surface area contributed by atoms with Crippen LogP contribution in [0.1, 0.15) is 24.2 Å². The molecule has 3 heterocycles. The van der Waals surface area contributed by atoms with E-state index in [4.69, 9.17) is 14.9 Å². The Balaban J connectivity index is 1.90. The first-order chi connectivity index (χ1) is 13.6. The number of benzene rings is 1. The Kier molecular flexibility index (Phi) is 4.66. The van der Waals surface area contributed by atoms with Crippen molar-refractivity contribution in [3.8, 4) is 34.4 Å². The molecular weight excluding hydrogens is 352 g/mol. The highest BCUT2D eigenvalue weighted by molar-refractivity contribution is 5.82. The zero-order valence-electron chi connectivity index (χ0n) is 16.0. The van der Waals surface area contributed by atoms with Gasteiger partial charge in [-0.1, -0.05) is 0 Å². The van der Waals surface area contributed by atoms with E-state index in [1.807, 2.05) is 31.2 Å². The Morgan fingerprint density at radius 1 is 1.18 bits per heavy atom. The van der Waals surface area contributed by atoms with Gasteiger partial charge in [0.05, 0.1) is 12.7 Å². The summed E-state index contributed by atoms with van der Waals surface area (Å²) in [4.78, 5) is 6.71. The van der Waals surface area contributed by atoms with Crippen LogP contribution in [0.3, 0.4) is 0 Å². The van der Waals surface area contributed by atoms with Gasteiger partial charge in [0.25, 0.3) is 0 Å². The van der Waals surface area contributed by atoms with Crippen LogP contribution >= 0.6 is 0 Å². The van der Waals surface area contributed by atoms with E-state index in [-0.39, 0.29) is 0 Å². The number of methoxy groups -OCH3 is 1. The second kappa shape index (κ2) is 7.28. The average Bonchev–Trinajstić information content (AvgIpc) is 3.38. The number of nitrogens with zero attached hydrogens (tertiary/aromatic N) is 3. The zero-order chi connectivity index (χ0) is 19.7. The van der Waals surface area contributed by atoms with Crippen molar-refractivity contribution in [1.82, 2.24) is 4.98 Å². The van der Waals surface area contributed by atoms with E-state index < -0.39 is 0 Å². The lowest BCUT2D eigenvalue weighted by atomic mass is 9.97. The SMILES string of the molecule is COc1cc(-c2cc(N)nc(-c3ccc(C)o3)c2C#N)cc(N2CCCC2)c1. The van der Waals surface area contributed by atoms with Crippen LogP contribution in [-0.4, -0.2) is 25.2 Å². The number of nitrogen functional groups attached to an aromatic ring is 1. The summed E-state index contributed by atoms with van der Waals surface area (Å²) in [5, 5.41) is 9.91. The van der Waals surface area contributed by atoms with E-state index in [0.29, 0.717) is 22.8 Å². The van der Waals surface area contributed by atoms with Gasteiger partial charge in [-0.25, -0.2) is 4.98 Å². The fourth-order valence-electron chi connectivity index (χ4n) is 3.66. The van der Waals surface area contributed by atoms with E-state index in [2.05, 4.69) is 22.0 Å². The van der Waals surface area contributed by atoms with Gasteiger partial charge >= 0.3 is 0 Å². The Labute approximate surface area is 164 Å². The summed E-state index contributed by atoms with van der Waals surface area (Å²) in [6.07, 6.45) is 2.36. The molecule has 1 saturated heterocycles. The minimum atomic E-state index is 0.337. The largest absolute Gasteiger partial charge is 0.497 e. The van der Waals surface area contributed by atoms with E-state index in [0.717, 1.165) is 41.4 Å². The maximum Gasteiger partial charge on any atom is 0.154 e. The molecule has 0 amide bonds. The van der Waals surface area contributed by atoms with Crippen LogP contribution in [0.4, 0.5) is 11.5 Å². The van der Waals surface area contributed by atoms with Gasteiger partial charge in [0.1, 0.15) is 29.1 Å². The molecule has 0 atom stereocenters. The van der Waals surface area contributed by atoms with Crippen LogP contribution in [0, 0.1) is 18.3 Å². The summed E-state index contributed by atoms with van der Waals surface area (Å²) in [5.74, 6) is 2.37. The molecule has 0 bridgehead atoms. The molecule has 6 heteroatoms. The maximum absolute atomic E-state index is 9.91. The summed E-state index contributed by atoms with van der Waals surface area (Å²) >= 11 is 0. The van der Waals surface area contributed by atoms with Crippen molar-refractivity contribution in [2.45, 2.75) is 19.8 Å². The van der Waals surface area contributed by atoms with E-state index >= 15 is 0 Å². The summed E-state index contributed by atoms with van der Waals surface area (Å²) in [7, 11) is 1.65. The first-order valence-electron chi connectivity index (χ1n) is 9.31. The van der Waals surface area contributed by atoms with E-state index in [9.17, 15) is 5.26 Å². The fourth-order valence-corrected chi connectivity index (χ4v) is 3.66. The van der Waals surface area contributed by atoms with Gasteiger partial charge in [0.2, 0.25) is 0 Å². The van der Waals surface area contributed by atoms with Crippen LogP contribution in [0.5, 0.6) is 5.75 Å². The van der Waals surface area contributed by atoms with Gasteiger partial charge in [-0.05, 0) is 55.7 Å². The van der Waals surface area contributed by atoms with Crippen molar-refractivity contribution in [2.24, 2.45) is 0 Å². The number of aryl methyl sites for hydroxylation is 1. The Morgan fingerprint density at radius 2 is 1.96 bits per heavy atom. The average molecular weight is 374 g/mol. The number of hydrogen-bond donors (Lipinski definition) is 1. The molecule has 2 N–H and O–H groups in total. The third kappa shape index (κ3) is 3.27. The molecule has 0 radical (unpaired) electrons. The lowest BCUT2D eigenvalue weighted by molar-refractivity contribution is 0.415. The highest BCUT2D eigenvalue weighted by Crippen LogP contribution is 2.37. The number of rotatable bonds is 4. The van der Waals surface area contributed by atoms with E-state index in [1.165, 1.54) is 12.8 Å². The molecule has 6 nitrogen and oxygen atoms in total. The molecule has 0 saturated carbocycles. The highest BCUT2D eigenvalue weighted by Gasteiger charge is 2.20. The standard InChI is InChI=1S/C22H22N4O2/c1-14-5-6-20(28-14)22-19(13-23)18(12-21(24)25-22)15-9-16(11-17(10-15)27-2)26-7-3-4-8-26/h5-6,9-12H,3-4,7-8H2,1-2H3,(H2,24,25). The third-order valence-electron chi connectivity index (χ3n) is 5.03. The minimum absolute atomic E-state index is 0.337. The van der Waals surface area contributed by atoms with Crippen LogP contribution in [-0.2, 0) is 0 Å². The maximum atomic E-state index is 9.91. The summed E-state index contributed by atoms with van der Waals surface area (Å²) in [6.45, 7) is 3.90. The van der Waals surface area contributed by atoms with Gasteiger partial charge in [-0.2, -0.15) is 5.26 Å². The van der Waals surface area contributed by atoms with Crippen molar-refractivity contribution < 1.29 is 9.15 Å². The topological polar surface area (TPSA) is 88.3 Å². The minimum Gasteiger partial charge on any atom is -0.497 e. The lowest BCUT2D eigenvalue weighted by Crippen LogP contribution is -2.17. The van der Waals surface area contributed by atoms with Gasteiger partial charge in [-0.3, -0.25) is 0 Å². The monoisotopic (exact) mass is 374 g/mol. The van der Waals surface area contributed by atoms with E-state index in [1.54, 1.807) is 13.2 Å². The first kappa shape index (κ1) is 17.9. The Morgan fingerprint density at radius 3 is 2.61 bits per heavy atom. The molecule has 1 aliphatic rings. The number of ether oxygens (including phenoxy) is 1. The molecule has 1 aromatic carbocycles. The van der Waals surface area contributed by atoms with Crippen molar-refractivity contribution in [3.05, 3.63) is 47.7 Å². The van der Waals surface area contributed by atoms with Crippen molar-refractivity contribution in [3.63, 3.8) is 0 Å². The Bertz CT molecular complexity index is 1060. The summed E-state index contributed by atoms with van der Waals surface area (Å²) in [6, 6.07) is 13.7. The third-order valence-corrected chi connectivity index (χ3v) is 5.03. The molecule has 0 spiro atoms. The predicted molar refractivity (Wildman–Crippen MR) is 109 cm³/mol. The number of hydrogen-bond acceptors (Lipinski definition) is 6. The number of aromatic nitrogens is 1. The number of nitriles is 1. The van der Waals surface area contributed by atoms with Gasteiger partial charge in [-0.15, -0.1) is 0 Å². The van der Waals surface area contributed by atoms with Crippen LogP contribution in [0.25, 0.3) is 22.6 Å². The molecule has 1 fully saturated rings. The second-order valence-corrected chi connectivity index (χ2v) is 6.95. The summed E-state index contributed by atoms with van der Waals surface area (Å²) in [5.41, 5.74) is 9.66. The first-order valence-corrected chi connectivity index (χ1v) is 9.31. The van der Waals surface area contributed by atoms with Crippen molar-refractivity contribution in [2.75, 3.05) is 30.8 Å². The molecule has 1 aliphatic heterocycles. The second-order valence-electron chi connectivity index (χ2n) is 6.95. The number of pyridine rings is 1. The molecule has 3 aromatic rings. The normalized spacial score (nSPS) is 13.5. The molecule has 0 unspecified atom stereocenters. The fraction of sp³-hybridized carbons (Fsp3) is 0.273. The number of anilines is 2. The Hall–Kier alpha value is -3.46. The number of nitrogens with two attached hydrogens (primary N) is 1. The summed E-state index contributed by atoms with van der Waals surface area (Å²) < 4.78 is 11.2. The van der Waals surface area contributed by atoms with Gasteiger partial charge in [0.15, 0.2) is 5.76 Å². The predicted octanol–water partition coefficient (Wildman–Crippen LogP) is 4.38. The molecule has 4 rings (SSSR count). The van der Waals surface area contributed by atoms with Crippen LogP contribution in [0.15, 0.2) is 40.8 Å². The molecule has 28 heavy (non-hydrogen) atoms. The smallest absolute Gasteiger partial charge is 0.154 e. The molecular formula is C22H22N4O2. The van der Waals surface area contributed by atoms with Crippen molar-refractivity contribution in [1.29, 1.82) is 5.26 Å². The molecule has 0 aliphatic carbocycles. The quantitative estimate of drug-likeness (QED) is 0.729. The number of furan rings is 1. The zero-order valence-corrected chi connectivity index (χ0v) is 16.0. The van der Waals surface area contributed by atoms with Gasteiger partial charge < -0.3 is 19.8 Å². The van der Waals surface area contributed by atoms with Gasteiger partial charge in [0, 0.05) is 30.4 Å². The molecule has 2 aromatic heterocycles. The molecule has 142 valence electrons. The van der Waals surface area contributed by atoms with Crippen LogP contribution in [0.2, 0.25) is 0 Å².